The fourth-order valence-electron chi connectivity index (χ4n) is 3.30. The summed E-state index contributed by atoms with van der Waals surface area (Å²) in [6, 6.07) is 4.23. The third-order valence-electron chi connectivity index (χ3n) is 4.60. The zero-order valence-electron chi connectivity index (χ0n) is 16.2. The van der Waals surface area contributed by atoms with Gasteiger partial charge in [-0.3, -0.25) is 9.69 Å². The molecule has 0 saturated carbocycles. The summed E-state index contributed by atoms with van der Waals surface area (Å²) >= 11 is 3.28. The van der Waals surface area contributed by atoms with E-state index in [2.05, 4.69) is 15.9 Å². The second-order valence-corrected chi connectivity index (χ2v) is 8.90. The van der Waals surface area contributed by atoms with Gasteiger partial charge in [-0.05, 0) is 59.3 Å². The van der Waals surface area contributed by atoms with Gasteiger partial charge in [0.2, 0.25) is 10.3 Å². The first kappa shape index (κ1) is 22.8. The Bertz CT molecular complexity index is 827. The lowest BCUT2D eigenvalue weighted by Gasteiger charge is -2.34. The summed E-state index contributed by atoms with van der Waals surface area (Å²) in [5, 5.41) is 0. The lowest BCUT2D eigenvalue weighted by Crippen LogP contribution is -2.47. The van der Waals surface area contributed by atoms with Crippen LogP contribution in [-0.2, 0) is 19.8 Å². The van der Waals surface area contributed by atoms with Gasteiger partial charge in [0, 0.05) is 13.1 Å². The van der Waals surface area contributed by atoms with Crippen molar-refractivity contribution < 1.29 is 27.1 Å². The Morgan fingerprint density at radius 3 is 2.46 bits per heavy atom. The fraction of sp³-hybridized carbons (Fsp3) is 0.579. The second-order valence-electron chi connectivity index (χ2n) is 7.16. The fourth-order valence-corrected chi connectivity index (χ4v) is 4.56. The van der Waals surface area contributed by atoms with Gasteiger partial charge in [-0.15, -0.1) is 0 Å². The molecule has 0 amide bonds. The van der Waals surface area contributed by atoms with Crippen LogP contribution >= 0.6 is 15.9 Å². The highest BCUT2D eigenvalue weighted by Crippen LogP contribution is 2.29. The van der Waals surface area contributed by atoms with E-state index in [0.29, 0.717) is 42.6 Å². The number of carbonyl (C=O) groups is 1. The number of likely N-dealkylation sites (tertiary alicyclic amines) is 1. The van der Waals surface area contributed by atoms with E-state index in [9.17, 15) is 17.6 Å². The number of piperidine rings is 1. The minimum atomic E-state index is -2.52. The molecule has 0 aliphatic carbocycles. The molecule has 0 aromatic heterocycles. The van der Waals surface area contributed by atoms with Gasteiger partial charge < -0.3 is 9.47 Å². The first-order valence-electron chi connectivity index (χ1n) is 9.13. The van der Waals surface area contributed by atoms with E-state index < -0.39 is 22.2 Å². The molecule has 1 atom stereocenters. The zero-order chi connectivity index (χ0) is 20.8. The van der Waals surface area contributed by atoms with Gasteiger partial charge in [0.15, 0.2) is 0 Å². The van der Waals surface area contributed by atoms with Crippen LogP contribution in [0.25, 0.3) is 0 Å². The third kappa shape index (κ3) is 6.02. The smallest absolute Gasteiger partial charge is 0.315 e. The minimum Gasteiger partial charge on any atom is -0.489 e. The molecule has 1 aliphatic rings. The largest absolute Gasteiger partial charge is 0.489 e. The number of hydrogen-bond donors (Lipinski definition) is 0. The molecule has 1 saturated heterocycles. The van der Waals surface area contributed by atoms with Crippen molar-refractivity contribution in [3.63, 3.8) is 0 Å². The van der Waals surface area contributed by atoms with Crippen LogP contribution in [0.5, 0.6) is 5.75 Å². The second kappa shape index (κ2) is 10.4. The quantitative estimate of drug-likeness (QED) is 0.462. The van der Waals surface area contributed by atoms with Crippen molar-refractivity contribution in [2.75, 3.05) is 20.2 Å². The third-order valence-corrected chi connectivity index (χ3v) is 6.11. The van der Waals surface area contributed by atoms with Crippen molar-refractivity contribution >= 4 is 37.2 Å². The molecule has 6 nitrogen and oxygen atoms in total. The van der Waals surface area contributed by atoms with E-state index in [4.69, 9.17) is 9.47 Å². The van der Waals surface area contributed by atoms with Crippen LogP contribution in [0.2, 0.25) is 0 Å². The van der Waals surface area contributed by atoms with Crippen LogP contribution in [0, 0.1) is 17.7 Å². The minimum absolute atomic E-state index is 0.0852. The predicted molar refractivity (Wildman–Crippen MR) is 108 cm³/mol. The molecule has 1 aromatic rings. The molecule has 1 heterocycles. The Morgan fingerprint density at radius 2 is 1.96 bits per heavy atom. The van der Waals surface area contributed by atoms with E-state index >= 15 is 0 Å². The van der Waals surface area contributed by atoms with Crippen molar-refractivity contribution in [3.8, 4) is 5.75 Å². The summed E-state index contributed by atoms with van der Waals surface area (Å²) in [5.74, 6) is -1.03. The highest BCUT2D eigenvalue weighted by molar-refractivity contribution is 9.10. The van der Waals surface area contributed by atoms with E-state index in [1.165, 1.54) is 19.2 Å². The predicted octanol–water partition coefficient (Wildman–Crippen LogP) is 3.28. The van der Waals surface area contributed by atoms with Crippen molar-refractivity contribution in [2.24, 2.45) is 11.8 Å². The summed E-state index contributed by atoms with van der Waals surface area (Å²) < 4.78 is 48.4. The van der Waals surface area contributed by atoms with Crippen LogP contribution in [0.4, 0.5) is 4.39 Å². The molecule has 0 bridgehead atoms. The number of methoxy groups -OCH3 is 1. The topological polar surface area (TPSA) is 72.9 Å². The van der Waals surface area contributed by atoms with E-state index in [0.717, 1.165) is 0 Å². The zero-order valence-corrected chi connectivity index (χ0v) is 18.6. The highest BCUT2D eigenvalue weighted by Gasteiger charge is 2.34. The number of hydrogen-bond acceptors (Lipinski definition) is 5. The number of ether oxygens (including phenoxy) is 2. The Hall–Kier alpha value is -1.45. The van der Waals surface area contributed by atoms with Gasteiger partial charge in [-0.2, -0.15) is 8.42 Å². The summed E-state index contributed by atoms with van der Waals surface area (Å²) in [5.41, 5.74) is 0. The molecule has 0 spiro atoms. The molecule has 0 radical (unpaired) electrons. The molecular formula is C19H25BrFNO5S. The Morgan fingerprint density at radius 1 is 1.32 bits per heavy atom. The molecule has 1 aromatic carbocycles. The number of rotatable bonds is 6. The number of carbonyl (C=O) groups excluding carboxylic acids is 1. The van der Waals surface area contributed by atoms with Crippen molar-refractivity contribution in [2.45, 2.75) is 39.2 Å². The van der Waals surface area contributed by atoms with Crippen LogP contribution in [0.3, 0.4) is 0 Å². The summed E-state index contributed by atoms with van der Waals surface area (Å²) in [4.78, 5) is 14.0. The highest BCUT2D eigenvalue weighted by atomic mass is 79.9. The van der Waals surface area contributed by atoms with Crippen molar-refractivity contribution in [3.05, 3.63) is 28.5 Å². The molecule has 28 heavy (non-hydrogen) atoms. The van der Waals surface area contributed by atoms with Gasteiger partial charge in [-0.25, -0.2) is 4.39 Å². The molecule has 2 rings (SSSR count). The standard InChI is InChI=1S/C19H25BrFNO5S/c1-12(2)10-15(19(23)26-3)18(28(24)25)22-8-6-14(7-9-22)27-17-5-4-13(21)11-16(17)20/h4-5,11-12,14-15H,6-10H2,1-3H3. The molecular weight excluding hydrogens is 453 g/mol. The van der Waals surface area contributed by atoms with Gasteiger partial charge in [-0.1, -0.05) is 13.8 Å². The van der Waals surface area contributed by atoms with E-state index in [1.807, 2.05) is 13.8 Å². The molecule has 0 N–H and O–H groups in total. The van der Waals surface area contributed by atoms with Gasteiger partial charge in [0.05, 0.1) is 11.6 Å². The van der Waals surface area contributed by atoms with Gasteiger partial charge in [0.25, 0.3) is 0 Å². The average molecular weight is 478 g/mol. The monoisotopic (exact) mass is 477 g/mol. The molecule has 156 valence electrons. The Balaban J connectivity index is 2.10. The lowest BCUT2D eigenvalue weighted by molar-refractivity contribution is -0.143. The SMILES string of the molecule is COC(=O)C(CC(C)C)C(N1CCC(Oc2ccc(F)cc2Br)CC1)=S(=O)=O. The van der Waals surface area contributed by atoms with Crippen molar-refractivity contribution in [1.29, 1.82) is 0 Å². The maximum atomic E-state index is 13.2. The molecule has 1 fully saturated rings. The Labute approximate surface area is 174 Å². The molecule has 1 aliphatic heterocycles. The number of halogens is 2. The van der Waals surface area contributed by atoms with Gasteiger partial charge in [0.1, 0.15) is 28.6 Å². The van der Waals surface area contributed by atoms with Crippen LogP contribution in [0.1, 0.15) is 33.1 Å². The lowest BCUT2D eigenvalue weighted by atomic mass is 9.95. The first-order valence-corrected chi connectivity index (χ1v) is 11.0. The summed E-state index contributed by atoms with van der Waals surface area (Å²) in [6.45, 7) is 4.75. The van der Waals surface area contributed by atoms with Crippen LogP contribution in [0.15, 0.2) is 22.7 Å². The summed E-state index contributed by atoms with van der Waals surface area (Å²) in [7, 11) is -1.26. The number of esters is 1. The van der Waals surface area contributed by atoms with E-state index in [1.54, 1.807) is 11.0 Å². The summed E-state index contributed by atoms with van der Waals surface area (Å²) in [6.07, 6.45) is 1.44. The van der Waals surface area contributed by atoms with Gasteiger partial charge >= 0.3 is 5.97 Å². The molecule has 1 unspecified atom stereocenters. The normalized spacial score (nSPS) is 16.6. The molecule has 9 heteroatoms. The Kier molecular flexibility index (Phi) is 8.45. The maximum absolute atomic E-state index is 13.2. The van der Waals surface area contributed by atoms with Crippen LogP contribution < -0.4 is 4.74 Å². The first-order chi connectivity index (χ1) is 13.2. The van der Waals surface area contributed by atoms with Crippen molar-refractivity contribution in [1.82, 2.24) is 4.90 Å². The number of benzene rings is 1. The maximum Gasteiger partial charge on any atom is 0.315 e. The average Bonchev–Trinajstić information content (AvgIpc) is 2.63. The number of nitrogens with zero attached hydrogens (tertiary/aromatic N) is 1. The van der Waals surface area contributed by atoms with Crippen LogP contribution in [-0.4, -0.2) is 50.6 Å². The van der Waals surface area contributed by atoms with E-state index in [-0.39, 0.29) is 22.8 Å².